The molecule has 0 atom stereocenters. The van der Waals surface area contributed by atoms with E-state index < -0.39 is 5.41 Å². The minimum Gasteiger partial charge on any atom is -0.329 e. The molecule has 0 radical (unpaired) electrons. The van der Waals surface area contributed by atoms with E-state index in [4.69, 9.17) is 0 Å². The molecule has 0 aromatic carbocycles. The number of carbonyl (C=O) groups excluding carboxylic acids is 2. The lowest BCUT2D eigenvalue weighted by Gasteiger charge is -2.17. The highest BCUT2D eigenvalue weighted by Crippen LogP contribution is 2.20. The van der Waals surface area contributed by atoms with E-state index in [2.05, 4.69) is 20.6 Å². The highest BCUT2D eigenvalue weighted by molar-refractivity contribution is 5.96. The van der Waals surface area contributed by atoms with Gasteiger partial charge in [0, 0.05) is 5.41 Å². The molecule has 0 saturated carbocycles. The van der Waals surface area contributed by atoms with Crippen molar-refractivity contribution < 1.29 is 9.59 Å². The summed E-state index contributed by atoms with van der Waals surface area (Å²) in [4.78, 5) is 28.4. The summed E-state index contributed by atoms with van der Waals surface area (Å²) in [5, 5.41) is 5.01. The number of carbonyl (C=O) groups is 2. The number of nitrogens with one attached hydrogen (secondary N) is 3. The van der Waals surface area contributed by atoms with Gasteiger partial charge < -0.3 is 15.6 Å². The quantitative estimate of drug-likeness (QED) is 0.649. The summed E-state index contributed by atoms with van der Waals surface area (Å²) in [6, 6.07) is 0. The van der Waals surface area contributed by atoms with Crippen molar-refractivity contribution in [1.29, 1.82) is 0 Å². The summed E-state index contributed by atoms with van der Waals surface area (Å²) in [5.41, 5.74) is -0.496. The Morgan fingerprint density at radius 1 is 1.53 bits per heavy atom. The molecule has 15 heavy (non-hydrogen) atoms. The van der Waals surface area contributed by atoms with Crippen molar-refractivity contribution in [3.63, 3.8) is 0 Å². The van der Waals surface area contributed by atoms with Crippen LogP contribution >= 0.6 is 0 Å². The van der Waals surface area contributed by atoms with Crippen LogP contribution in [0, 0.1) is 5.41 Å². The Morgan fingerprint density at radius 2 is 2.20 bits per heavy atom. The summed E-state index contributed by atoms with van der Waals surface area (Å²) in [7, 11) is 0. The fourth-order valence-corrected chi connectivity index (χ4v) is 0.856. The molecule has 1 aromatic rings. The van der Waals surface area contributed by atoms with E-state index in [1.54, 1.807) is 20.8 Å². The third kappa shape index (κ3) is 2.80. The van der Waals surface area contributed by atoms with Gasteiger partial charge in [-0.3, -0.25) is 9.59 Å². The van der Waals surface area contributed by atoms with Crippen LogP contribution in [0.1, 0.15) is 20.8 Å². The van der Waals surface area contributed by atoms with Crippen LogP contribution in [0.25, 0.3) is 0 Å². The van der Waals surface area contributed by atoms with Crippen molar-refractivity contribution in [2.45, 2.75) is 20.8 Å². The lowest BCUT2D eigenvalue weighted by Crippen LogP contribution is -2.28. The Balaban J connectivity index is 2.76. The normalized spacial score (nSPS) is 10.9. The van der Waals surface area contributed by atoms with Gasteiger partial charge in [0.2, 0.25) is 12.3 Å². The van der Waals surface area contributed by atoms with Crippen molar-refractivity contribution in [1.82, 2.24) is 9.97 Å². The standard InChI is InChI=1S/C9H14N4O2/c1-9(2,3)8(15)13-7-6(12-5-14)10-4-11-7/h4-5H,1-3H3,(H,10,11)(H,12,14)(H,13,15). The van der Waals surface area contributed by atoms with Gasteiger partial charge >= 0.3 is 0 Å². The van der Waals surface area contributed by atoms with Crippen molar-refractivity contribution in [3.8, 4) is 0 Å². The molecule has 0 aliphatic carbocycles. The summed E-state index contributed by atoms with van der Waals surface area (Å²) >= 11 is 0. The number of anilines is 2. The van der Waals surface area contributed by atoms with Gasteiger partial charge in [-0.25, -0.2) is 4.98 Å². The number of aromatic nitrogens is 2. The minimum atomic E-state index is -0.496. The maximum atomic E-state index is 11.6. The van der Waals surface area contributed by atoms with Crippen molar-refractivity contribution in [2.75, 3.05) is 10.6 Å². The van der Waals surface area contributed by atoms with Crippen LogP contribution in [0.4, 0.5) is 11.6 Å². The first-order valence-corrected chi connectivity index (χ1v) is 4.50. The molecule has 1 rings (SSSR count). The van der Waals surface area contributed by atoms with E-state index >= 15 is 0 Å². The minimum absolute atomic E-state index is 0.152. The second kappa shape index (κ2) is 4.12. The van der Waals surface area contributed by atoms with Crippen LogP contribution in [0.15, 0.2) is 6.33 Å². The van der Waals surface area contributed by atoms with Crippen molar-refractivity contribution >= 4 is 24.0 Å². The Labute approximate surface area is 87.5 Å². The molecule has 82 valence electrons. The Bertz CT molecular complexity index is 364. The summed E-state index contributed by atoms with van der Waals surface area (Å²) in [6.07, 6.45) is 1.90. The van der Waals surface area contributed by atoms with Crippen molar-refractivity contribution in [2.24, 2.45) is 5.41 Å². The number of H-pyrrole nitrogens is 1. The van der Waals surface area contributed by atoms with E-state index in [-0.39, 0.29) is 5.91 Å². The number of aromatic amines is 1. The summed E-state index contributed by atoms with van der Waals surface area (Å²) < 4.78 is 0. The first-order chi connectivity index (χ1) is 6.95. The molecule has 0 aliphatic rings. The first-order valence-electron chi connectivity index (χ1n) is 4.50. The third-order valence-corrected chi connectivity index (χ3v) is 1.75. The first kappa shape index (κ1) is 11.2. The van der Waals surface area contributed by atoms with E-state index in [9.17, 15) is 9.59 Å². The third-order valence-electron chi connectivity index (χ3n) is 1.75. The second-order valence-corrected chi connectivity index (χ2v) is 4.09. The zero-order valence-electron chi connectivity index (χ0n) is 8.92. The predicted molar refractivity (Wildman–Crippen MR) is 56.4 cm³/mol. The average Bonchev–Trinajstić information content (AvgIpc) is 2.52. The number of amides is 2. The highest BCUT2D eigenvalue weighted by Gasteiger charge is 2.22. The van der Waals surface area contributed by atoms with Gasteiger partial charge in [-0.1, -0.05) is 20.8 Å². The molecule has 6 nitrogen and oxygen atoms in total. The molecule has 0 fully saturated rings. The van der Waals surface area contributed by atoms with E-state index in [0.29, 0.717) is 18.0 Å². The highest BCUT2D eigenvalue weighted by atomic mass is 16.2. The number of rotatable bonds is 3. The Hall–Kier alpha value is -1.85. The molecule has 3 N–H and O–H groups in total. The average molecular weight is 210 g/mol. The van der Waals surface area contributed by atoms with Gasteiger partial charge in [0.1, 0.15) is 0 Å². The molecule has 0 saturated heterocycles. The van der Waals surface area contributed by atoms with Gasteiger partial charge in [0.05, 0.1) is 6.33 Å². The molecule has 0 spiro atoms. The van der Waals surface area contributed by atoms with E-state index in [1.165, 1.54) is 6.33 Å². The number of hydrogen-bond acceptors (Lipinski definition) is 3. The smallest absolute Gasteiger partial charge is 0.230 e. The number of hydrogen-bond donors (Lipinski definition) is 3. The number of nitrogens with zero attached hydrogens (tertiary/aromatic N) is 1. The Morgan fingerprint density at radius 3 is 2.73 bits per heavy atom. The molecule has 0 aliphatic heterocycles. The van der Waals surface area contributed by atoms with Crippen LogP contribution in [0.2, 0.25) is 0 Å². The molecule has 6 heteroatoms. The van der Waals surface area contributed by atoms with Gasteiger partial charge in [-0.2, -0.15) is 0 Å². The zero-order valence-corrected chi connectivity index (χ0v) is 8.92. The lowest BCUT2D eigenvalue weighted by molar-refractivity contribution is -0.123. The van der Waals surface area contributed by atoms with Gasteiger partial charge in [0.15, 0.2) is 11.6 Å². The van der Waals surface area contributed by atoms with Crippen LogP contribution in [0.5, 0.6) is 0 Å². The summed E-state index contributed by atoms with van der Waals surface area (Å²) in [6.45, 7) is 5.39. The topological polar surface area (TPSA) is 86.9 Å². The SMILES string of the molecule is CC(C)(C)C(=O)Nc1[nH]cnc1NC=O. The van der Waals surface area contributed by atoms with Crippen LogP contribution in [-0.2, 0) is 9.59 Å². The lowest BCUT2D eigenvalue weighted by atomic mass is 9.96. The van der Waals surface area contributed by atoms with Crippen molar-refractivity contribution in [3.05, 3.63) is 6.33 Å². The fourth-order valence-electron chi connectivity index (χ4n) is 0.856. The van der Waals surface area contributed by atoms with E-state index in [1.807, 2.05) is 0 Å². The largest absolute Gasteiger partial charge is 0.329 e. The second-order valence-electron chi connectivity index (χ2n) is 4.09. The molecular weight excluding hydrogens is 196 g/mol. The summed E-state index contributed by atoms with van der Waals surface area (Å²) in [5.74, 6) is 0.547. The fraction of sp³-hybridized carbons (Fsp3) is 0.444. The van der Waals surface area contributed by atoms with Crippen LogP contribution in [0.3, 0.4) is 0 Å². The van der Waals surface area contributed by atoms with E-state index in [0.717, 1.165) is 0 Å². The molecule has 0 bridgehead atoms. The van der Waals surface area contributed by atoms with Gasteiger partial charge in [-0.15, -0.1) is 0 Å². The molecule has 2 amide bonds. The molecule has 0 unspecified atom stereocenters. The van der Waals surface area contributed by atoms with Gasteiger partial charge in [-0.05, 0) is 0 Å². The molecular formula is C9H14N4O2. The monoisotopic (exact) mass is 210 g/mol. The number of imidazole rings is 1. The molecule has 1 aromatic heterocycles. The van der Waals surface area contributed by atoms with Crippen LogP contribution < -0.4 is 10.6 Å². The Kier molecular flexibility index (Phi) is 3.08. The maximum Gasteiger partial charge on any atom is 0.230 e. The maximum absolute atomic E-state index is 11.6. The van der Waals surface area contributed by atoms with Crippen LogP contribution in [-0.4, -0.2) is 22.3 Å². The molecule has 1 heterocycles. The van der Waals surface area contributed by atoms with Gasteiger partial charge in [0.25, 0.3) is 0 Å². The predicted octanol–water partition coefficient (Wildman–Crippen LogP) is 0.963. The zero-order chi connectivity index (χ0) is 11.5.